The molecule has 2 unspecified atom stereocenters. The monoisotopic (exact) mass is 272 g/mol. The van der Waals surface area contributed by atoms with Gasteiger partial charge in [-0.15, -0.1) is 0 Å². The van der Waals surface area contributed by atoms with Crippen LogP contribution in [0.25, 0.3) is 0 Å². The van der Waals surface area contributed by atoms with E-state index in [0.29, 0.717) is 0 Å². The van der Waals surface area contributed by atoms with E-state index in [2.05, 4.69) is 57.2 Å². The molecule has 0 radical (unpaired) electrons. The third kappa shape index (κ3) is 11.8. The summed E-state index contributed by atoms with van der Waals surface area (Å²) in [6.07, 6.45) is 0. The Morgan fingerprint density at radius 3 is 1.55 bits per heavy atom. The van der Waals surface area contributed by atoms with Crippen LogP contribution in [0, 0.1) is 0 Å². The van der Waals surface area contributed by atoms with E-state index >= 15 is 0 Å². The maximum atomic E-state index is 8.77. The summed E-state index contributed by atoms with van der Waals surface area (Å²) in [6, 6.07) is 0. The zero-order valence-corrected chi connectivity index (χ0v) is 10.2. The second-order valence-corrected chi connectivity index (χ2v) is 11.7. The summed E-state index contributed by atoms with van der Waals surface area (Å²) >= 11 is 15.8. The molecular weight excluding hydrogens is 266 g/mol. The molecular formula is CH6O4P2S4. The van der Waals surface area contributed by atoms with Gasteiger partial charge in [0.2, 0.25) is 11.4 Å². The van der Waals surface area contributed by atoms with E-state index in [0.717, 1.165) is 0 Å². The van der Waals surface area contributed by atoms with Gasteiger partial charge in [0.1, 0.15) is 0 Å². The van der Waals surface area contributed by atoms with Crippen molar-refractivity contribution in [1.29, 1.82) is 0 Å². The van der Waals surface area contributed by atoms with Gasteiger partial charge >= 0.3 is 0 Å². The molecule has 0 rings (SSSR count). The molecule has 2 N–H and O–H groups in total. The van der Waals surface area contributed by atoms with Gasteiger partial charge in [-0.1, -0.05) is 24.5 Å². The lowest BCUT2D eigenvalue weighted by atomic mass is 11.6. The molecule has 0 spiro atoms. The molecule has 0 saturated carbocycles. The van der Waals surface area contributed by atoms with Crippen molar-refractivity contribution in [3.05, 3.63) is 0 Å². The Kier molecular flexibility index (Phi) is 5.73. The van der Waals surface area contributed by atoms with Crippen molar-refractivity contribution < 1.29 is 18.8 Å². The van der Waals surface area contributed by atoms with Gasteiger partial charge in [0.25, 0.3) is 0 Å². The molecule has 0 fully saturated rings. The number of hydrogen-bond donors (Lipinski definition) is 4. The summed E-state index contributed by atoms with van der Waals surface area (Å²) in [6.45, 7) is -0.394. The van der Waals surface area contributed by atoms with E-state index in [4.69, 9.17) is 9.79 Å². The largest absolute Gasteiger partial charge is 0.338 e. The molecule has 0 aliphatic heterocycles. The van der Waals surface area contributed by atoms with Crippen molar-refractivity contribution in [3.8, 4) is 0 Å². The van der Waals surface area contributed by atoms with Crippen molar-refractivity contribution in [3.63, 3.8) is 0 Å². The highest BCUT2D eigenvalue weighted by Crippen LogP contribution is 2.51. The molecule has 0 saturated heterocycles. The Hall–Kier alpha value is 1.84. The quantitative estimate of drug-likeness (QED) is 0.351. The molecule has 0 aromatic rings. The first-order valence-electron chi connectivity index (χ1n) is 2.11. The molecule has 68 valence electrons. The van der Waals surface area contributed by atoms with Crippen LogP contribution in [0.15, 0.2) is 0 Å². The van der Waals surface area contributed by atoms with Crippen molar-refractivity contribution in [2.75, 3.05) is 6.79 Å². The van der Waals surface area contributed by atoms with E-state index in [9.17, 15) is 0 Å². The van der Waals surface area contributed by atoms with Crippen LogP contribution >= 0.6 is 35.9 Å². The van der Waals surface area contributed by atoms with E-state index < -0.39 is 18.2 Å². The van der Waals surface area contributed by atoms with Crippen LogP contribution in [0.3, 0.4) is 0 Å². The molecule has 0 aromatic carbocycles. The maximum absolute atomic E-state index is 8.77. The van der Waals surface area contributed by atoms with Crippen LogP contribution in [-0.2, 0) is 32.7 Å². The fourth-order valence-electron chi connectivity index (χ4n) is 0.161. The minimum absolute atomic E-state index is 0.394. The van der Waals surface area contributed by atoms with Crippen molar-refractivity contribution >= 4 is 59.5 Å². The average Bonchev–Trinajstić information content (AvgIpc) is 1.55. The van der Waals surface area contributed by atoms with Crippen LogP contribution in [0.5, 0.6) is 0 Å². The summed E-state index contributed by atoms with van der Waals surface area (Å²) in [7, 11) is 0. The Balaban J connectivity index is 3.61. The molecule has 10 heteroatoms. The number of rotatable bonds is 4. The minimum atomic E-state index is -3.02. The Morgan fingerprint density at radius 1 is 1.09 bits per heavy atom. The van der Waals surface area contributed by atoms with E-state index in [1.54, 1.807) is 0 Å². The first-order valence-corrected chi connectivity index (χ1v) is 9.76. The SMILES string of the molecule is OP(=S)(S)OCOP(O)(=S)S. The average molecular weight is 272 g/mol. The lowest BCUT2D eigenvalue weighted by Gasteiger charge is -2.11. The van der Waals surface area contributed by atoms with Crippen molar-refractivity contribution in [1.82, 2.24) is 0 Å². The highest BCUT2D eigenvalue weighted by atomic mass is 32.9. The molecule has 0 bridgehead atoms. The molecule has 4 nitrogen and oxygen atoms in total. The summed E-state index contributed by atoms with van der Waals surface area (Å²) in [4.78, 5) is 17.5. The predicted octanol–water partition coefficient (Wildman–Crippen LogP) is 1.27. The van der Waals surface area contributed by atoms with Crippen LogP contribution in [-0.4, -0.2) is 16.6 Å². The molecule has 0 aliphatic carbocycles. The van der Waals surface area contributed by atoms with Gasteiger partial charge in [0.05, 0.1) is 0 Å². The van der Waals surface area contributed by atoms with Crippen LogP contribution in [0.2, 0.25) is 0 Å². The fraction of sp³-hybridized carbons (Fsp3) is 1.00. The zero-order chi connectivity index (χ0) is 9.12. The lowest BCUT2D eigenvalue weighted by Crippen LogP contribution is -1.91. The van der Waals surface area contributed by atoms with Gasteiger partial charge in [-0.05, 0) is 23.6 Å². The Morgan fingerprint density at radius 2 is 1.36 bits per heavy atom. The molecule has 11 heavy (non-hydrogen) atoms. The minimum Gasteiger partial charge on any atom is -0.338 e. The van der Waals surface area contributed by atoms with Gasteiger partial charge in [-0.25, -0.2) is 0 Å². The molecule has 0 aromatic heterocycles. The van der Waals surface area contributed by atoms with E-state index in [-0.39, 0.29) is 0 Å². The highest BCUT2D eigenvalue weighted by molar-refractivity contribution is 8.60. The van der Waals surface area contributed by atoms with Gasteiger partial charge < -0.3 is 9.79 Å². The second-order valence-electron chi connectivity index (χ2n) is 1.36. The van der Waals surface area contributed by atoms with Gasteiger partial charge in [-0.2, -0.15) is 0 Å². The third-order valence-electron chi connectivity index (χ3n) is 0.442. The Bertz CT molecular complexity index is 182. The molecule has 2 atom stereocenters. The topological polar surface area (TPSA) is 58.9 Å². The first kappa shape index (κ1) is 12.8. The third-order valence-corrected chi connectivity index (χ3v) is 2.65. The van der Waals surface area contributed by atoms with Crippen LogP contribution in [0.1, 0.15) is 0 Å². The van der Waals surface area contributed by atoms with Crippen molar-refractivity contribution in [2.45, 2.75) is 0 Å². The maximum Gasteiger partial charge on any atom is 0.243 e. The zero-order valence-electron chi connectivity index (χ0n) is 5.02. The number of hydrogen-bond acceptors (Lipinski definition) is 4. The van der Waals surface area contributed by atoms with Crippen LogP contribution in [0.4, 0.5) is 0 Å². The Labute approximate surface area is 84.9 Å². The number of thiol groups is 2. The normalized spacial score (nSPS) is 22.2. The smallest absolute Gasteiger partial charge is 0.243 e. The van der Waals surface area contributed by atoms with Crippen molar-refractivity contribution in [2.24, 2.45) is 0 Å². The van der Waals surface area contributed by atoms with Gasteiger partial charge in [0.15, 0.2) is 6.79 Å². The molecule has 0 amide bonds. The first-order chi connectivity index (χ1) is 4.71. The van der Waals surface area contributed by atoms with Crippen LogP contribution < -0.4 is 0 Å². The molecule has 0 heterocycles. The highest BCUT2D eigenvalue weighted by Gasteiger charge is 2.10. The summed E-state index contributed by atoms with van der Waals surface area (Å²) in [5.41, 5.74) is -6.05. The summed E-state index contributed by atoms with van der Waals surface area (Å²) < 4.78 is 8.96. The van der Waals surface area contributed by atoms with Gasteiger partial charge in [0, 0.05) is 0 Å². The second kappa shape index (κ2) is 4.91. The van der Waals surface area contributed by atoms with E-state index in [1.807, 2.05) is 0 Å². The van der Waals surface area contributed by atoms with Gasteiger partial charge in [-0.3, -0.25) is 9.05 Å². The molecule has 0 aliphatic rings. The lowest BCUT2D eigenvalue weighted by molar-refractivity contribution is 0.130. The fourth-order valence-corrected chi connectivity index (χ4v) is 1.17. The predicted molar refractivity (Wildman–Crippen MR) is 58.0 cm³/mol. The van der Waals surface area contributed by atoms with E-state index in [1.165, 1.54) is 0 Å². The summed E-state index contributed by atoms with van der Waals surface area (Å²) in [5.74, 6) is 0. The standard InChI is InChI=1S/CH6O4P2S4/c2-6(8,9)4-1-5-7(3,10)11/h1H2,(H2,2,8,9)(H2,3,10,11). The summed E-state index contributed by atoms with van der Waals surface area (Å²) in [5, 5.41) is 0.